The highest BCUT2D eigenvalue weighted by molar-refractivity contribution is 7.92. The molecular formula is C13H18N4O2S. The van der Waals surface area contributed by atoms with Crippen molar-refractivity contribution >= 4 is 15.7 Å². The number of rotatable bonds is 5. The largest absolute Gasteiger partial charge is 0.336 e. The summed E-state index contributed by atoms with van der Waals surface area (Å²) in [5.41, 5.74) is 7.80. The lowest BCUT2D eigenvalue weighted by atomic mass is 10.1. The van der Waals surface area contributed by atoms with Crippen LogP contribution in [0.1, 0.15) is 18.1 Å². The molecule has 0 atom stereocenters. The summed E-state index contributed by atoms with van der Waals surface area (Å²) in [6.07, 6.45) is 3.00. The zero-order valence-electron chi connectivity index (χ0n) is 11.5. The highest BCUT2D eigenvalue weighted by atomic mass is 32.2. The van der Waals surface area contributed by atoms with Gasteiger partial charge in [-0.05, 0) is 31.0 Å². The average molecular weight is 294 g/mol. The fourth-order valence-electron chi connectivity index (χ4n) is 1.75. The van der Waals surface area contributed by atoms with Crippen molar-refractivity contribution in [3.63, 3.8) is 0 Å². The van der Waals surface area contributed by atoms with Crippen LogP contribution < -0.4 is 10.5 Å². The second-order valence-corrected chi connectivity index (χ2v) is 6.13. The predicted octanol–water partition coefficient (Wildman–Crippen LogP) is 1.47. The number of aryl methyl sites for hydroxylation is 2. The monoisotopic (exact) mass is 294 g/mol. The summed E-state index contributed by atoms with van der Waals surface area (Å²) in [5.74, 6) is 0. The molecule has 20 heavy (non-hydrogen) atoms. The van der Waals surface area contributed by atoms with Crippen LogP contribution in [0, 0.1) is 6.92 Å². The second-order valence-electron chi connectivity index (χ2n) is 4.50. The van der Waals surface area contributed by atoms with Crippen molar-refractivity contribution in [2.75, 3.05) is 4.72 Å². The van der Waals surface area contributed by atoms with E-state index in [1.165, 1.54) is 12.5 Å². The normalized spacial score (nSPS) is 11.6. The average Bonchev–Trinajstić information content (AvgIpc) is 2.91. The van der Waals surface area contributed by atoms with E-state index in [0.29, 0.717) is 18.8 Å². The molecule has 1 aromatic carbocycles. The first-order chi connectivity index (χ1) is 9.46. The topological polar surface area (TPSA) is 90.0 Å². The quantitative estimate of drug-likeness (QED) is 0.873. The maximum Gasteiger partial charge on any atom is 0.280 e. The number of nitrogens with two attached hydrogens (primary N) is 1. The summed E-state index contributed by atoms with van der Waals surface area (Å²) in [7, 11) is -3.67. The standard InChI is InChI=1S/C13H18N4O2S/c1-3-17-8-13(15-9-17)20(18,19)16-12-6-11(7-14)5-4-10(12)2/h4-6,8-9,16H,3,7,14H2,1-2H3. The van der Waals surface area contributed by atoms with E-state index in [1.54, 1.807) is 10.6 Å². The Morgan fingerprint density at radius 1 is 1.40 bits per heavy atom. The van der Waals surface area contributed by atoms with Crippen LogP contribution in [-0.4, -0.2) is 18.0 Å². The summed E-state index contributed by atoms with van der Waals surface area (Å²) in [6, 6.07) is 5.45. The number of nitrogens with one attached hydrogen (secondary N) is 1. The van der Waals surface area contributed by atoms with E-state index in [0.717, 1.165) is 11.1 Å². The molecule has 0 radical (unpaired) electrons. The van der Waals surface area contributed by atoms with Crippen molar-refractivity contribution in [1.82, 2.24) is 9.55 Å². The minimum Gasteiger partial charge on any atom is -0.336 e. The Balaban J connectivity index is 2.32. The second kappa shape index (κ2) is 5.64. The van der Waals surface area contributed by atoms with Gasteiger partial charge in [-0.1, -0.05) is 12.1 Å². The summed E-state index contributed by atoms with van der Waals surface area (Å²) in [5, 5.41) is 0.0110. The molecule has 0 fully saturated rings. The molecule has 0 aliphatic carbocycles. The van der Waals surface area contributed by atoms with Crippen LogP contribution >= 0.6 is 0 Å². The van der Waals surface area contributed by atoms with Gasteiger partial charge in [-0.15, -0.1) is 0 Å². The molecule has 3 N–H and O–H groups in total. The maximum atomic E-state index is 12.3. The molecule has 0 spiro atoms. The van der Waals surface area contributed by atoms with Gasteiger partial charge >= 0.3 is 0 Å². The SMILES string of the molecule is CCn1cnc(S(=O)(=O)Nc2cc(CN)ccc2C)c1. The maximum absolute atomic E-state index is 12.3. The molecule has 0 saturated heterocycles. The minimum absolute atomic E-state index is 0.0110. The van der Waals surface area contributed by atoms with E-state index < -0.39 is 10.0 Å². The van der Waals surface area contributed by atoms with Gasteiger partial charge in [0.15, 0.2) is 5.03 Å². The zero-order valence-corrected chi connectivity index (χ0v) is 12.3. The van der Waals surface area contributed by atoms with E-state index in [1.807, 2.05) is 26.0 Å². The molecule has 0 saturated carbocycles. The summed E-state index contributed by atoms with van der Waals surface area (Å²) < 4.78 is 28.8. The van der Waals surface area contributed by atoms with Gasteiger partial charge in [0, 0.05) is 19.3 Å². The Morgan fingerprint density at radius 2 is 2.15 bits per heavy atom. The summed E-state index contributed by atoms with van der Waals surface area (Å²) >= 11 is 0. The van der Waals surface area contributed by atoms with E-state index >= 15 is 0 Å². The lowest BCUT2D eigenvalue weighted by Crippen LogP contribution is -2.14. The highest BCUT2D eigenvalue weighted by Crippen LogP contribution is 2.20. The Hall–Kier alpha value is -1.86. The molecule has 0 bridgehead atoms. The summed E-state index contributed by atoms with van der Waals surface area (Å²) in [6.45, 7) is 4.78. The van der Waals surface area contributed by atoms with Crippen molar-refractivity contribution in [2.24, 2.45) is 5.73 Å². The Kier molecular flexibility index (Phi) is 4.10. The molecule has 0 amide bonds. The molecular weight excluding hydrogens is 276 g/mol. The third-order valence-corrected chi connectivity index (χ3v) is 4.28. The molecule has 2 rings (SSSR count). The molecule has 108 valence electrons. The number of nitrogens with zero attached hydrogens (tertiary/aromatic N) is 2. The number of sulfonamides is 1. The molecule has 0 unspecified atom stereocenters. The molecule has 0 aliphatic heterocycles. The lowest BCUT2D eigenvalue weighted by Gasteiger charge is -2.10. The number of aromatic nitrogens is 2. The van der Waals surface area contributed by atoms with Gasteiger partial charge in [-0.25, -0.2) is 4.98 Å². The van der Waals surface area contributed by atoms with Gasteiger partial charge in [0.2, 0.25) is 0 Å². The van der Waals surface area contributed by atoms with Crippen molar-refractivity contribution < 1.29 is 8.42 Å². The first-order valence-electron chi connectivity index (χ1n) is 6.30. The van der Waals surface area contributed by atoms with Crippen molar-refractivity contribution in [3.05, 3.63) is 41.9 Å². The fraction of sp³-hybridized carbons (Fsp3) is 0.308. The molecule has 0 aliphatic rings. The summed E-state index contributed by atoms with van der Waals surface area (Å²) in [4.78, 5) is 3.91. The van der Waals surface area contributed by atoms with Gasteiger partial charge in [0.1, 0.15) is 0 Å². The molecule has 1 heterocycles. The van der Waals surface area contributed by atoms with Crippen molar-refractivity contribution in [1.29, 1.82) is 0 Å². The molecule has 1 aromatic heterocycles. The van der Waals surface area contributed by atoms with E-state index in [2.05, 4.69) is 9.71 Å². The van der Waals surface area contributed by atoms with Crippen LogP contribution in [0.4, 0.5) is 5.69 Å². The molecule has 6 nitrogen and oxygen atoms in total. The number of hydrogen-bond donors (Lipinski definition) is 2. The van der Waals surface area contributed by atoms with Gasteiger partial charge in [0.05, 0.1) is 12.0 Å². The van der Waals surface area contributed by atoms with Gasteiger partial charge in [-0.2, -0.15) is 8.42 Å². The zero-order chi connectivity index (χ0) is 14.8. The van der Waals surface area contributed by atoms with E-state index in [4.69, 9.17) is 5.73 Å². The molecule has 7 heteroatoms. The lowest BCUT2D eigenvalue weighted by molar-refractivity contribution is 0.598. The van der Waals surface area contributed by atoms with E-state index in [9.17, 15) is 8.42 Å². The van der Waals surface area contributed by atoms with Crippen LogP contribution in [0.3, 0.4) is 0 Å². The number of hydrogen-bond acceptors (Lipinski definition) is 4. The van der Waals surface area contributed by atoms with Gasteiger partial charge < -0.3 is 10.3 Å². The van der Waals surface area contributed by atoms with E-state index in [-0.39, 0.29) is 5.03 Å². The van der Waals surface area contributed by atoms with Crippen LogP contribution in [0.5, 0.6) is 0 Å². The van der Waals surface area contributed by atoms with Crippen molar-refractivity contribution in [3.8, 4) is 0 Å². The highest BCUT2D eigenvalue weighted by Gasteiger charge is 2.18. The minimum atomic E-state index is -3.67. The van der Waals surface area contributed by atoms with Crippen molar-refractivity contribution in [2.45, 2.75) is 32.0 Å². The fourth-order valence-corrected chi connectivity index (χ4v) is 2.83. The van der Waals surface area contributed by atoms with Crippen LogP contribution in [0.15, 0.2) is 35.7 Å². The third kappa shape index (κ3) is 3.00. The Labute approximate surface area is 118 Å². The first-order valence-corrected chi connectivity index (χ1v) is 7.78. The Bertz CT molecular complexity index is 707. The van der Waals surface area contributed by atoms with Crippen LogP contribution in [0.2, 0.25) is 0 Å². The van der Waals surface area contributed by atoms with Crippen LogP contribution in [0.25, 0.3) is 0 Å². The van der Waals surface area contributed by atoms with Gasteiger partial charge in [-0.3, -0.25) is 4.72 Å². The third-order valence-electron chi connectivity index (χ3n) is 3.03. The molecule has 2 aromatic rings. The Morgan fingerprint density at radius 3 is 2.75 bits per heavy atom. The predicted molar refractivity (Wildman–Crippen MR) is 77.8 cm³/mol. The number of benzene rings is 1. The van der Waals surface area contributed by atoms with Crippen LogP contribution in [-0.2, 0) is 23.1 Å². The van der Waals surface area contributed by atoms with Gasteiger partial charge in [0.25, 0.3) is 10.0 Å². The smallest absolute Gasteiger partial charge is 0.280 e. The number of imidazole rings is 1. The number of anilines is 1. The first kappa shape index (κ1) is 14.5.